The number of anilines is 1. The van der Waals surface area contributed by atoms with Crippen LogP contribution in [0, 0.1) is 0 Å². The van der Waals surface area contributed by atoms with Gasteiger partial charge in [0.15, 0.2) is 6.23 Å². The number of nitrogens with zero attached hydrogens (tertiary/aromatic N) is 3. The van der Waals surface area contributed by atoms with E-state index in [4.69, 9.17) is 10.5 Å². The van der Waals surface area contributed by atoms with Crippen LogP contribution in [0.2, 0.25) is 0 Å². The molecule has 2 atom stereocenters. The van der Waals surface area contributed by atoms with E-state index in [1.165, 1.54) is 7.05 Å². The molecule has 0 saturated carbocycles. The van der Waals surface area contributed by atoms with Crippen molar-refractivity contribution in [3.8, 4) is 0 Å². The van der Waals surface area contributed by atoms with Gasteiger partial charge in [-0.15, -0.1) is 0 Å². The Morgan fingerprint density at radius 1 is 1.25 bits per heavy atom. The molecule has 3 rings (SSSR count). The Hall–Kier alpha value is -3.58. The fraction of sp³-hybridized carbons (Fsp3) is 0.435. The molecule has 0 aliphatic carbocycles. The Morgan fingerprint density at radius 2 is 1.94 bits per heavy atom. The summed E-state index contributed by atoms with van der Waals surface area (Å²) < 4.78 is 35.0. The van der Waals surface area contributed by atoms with Gasteiger partial charge >= 0.3 is 5.69 Å². The van der Waals surface area contributed by atoms with Crippen LogP contribution in [-0.2, 0) is 38.9 Å². The van der Waals surface area contributed by atoms with E-state index in [2.05, 4.69) is 16.6 Å². The van der Waals surface area contributed by atoms with Gasteiger partial charge in [-0.3, -0.25) is 14.3 Å². The van der Waals surface area contributed by atoms with Crippen LogP contribution in [0.3, 0.4) is 0 Å². The minimum Gasteiger partial charge on any atom is -0.386 e. The van der Waals surface area contributed by atoms with E-state index in [0.717, 1.165) is 17.2 Å². The Kier molecular flexibility index (Phi) is 8.58. The Bertz CT molecular complexity index is 1320. The van der Waals surface area contributed by atoms with E-state index in [0.29, 0.717) is 35.5 Å². The zero-order valence-electron chi connectivity index (χ0n) is 20.3. The average Bonchev–Trinajstić information content (AvgIpc) is 2.81. The van der Waals surface area contributed by atoms with Crippen LogP contribution in [0.4, 0.5) is 5.69 Å². The predicted octanol–water partition coefficient (Wildman–Crippen LogP) is -0.138. The van der Waals surface area contributed by atoms with Crippen molar-refractivity contribution < 1.29 is 17.9 Å². The highest BCUT2D eigenvalue weighted by molar-refractivity contribution is 7.91. The number of hydrogen-bond acceptors (Lipinski definition) is 8. The van der Waals surface area contributed by atoms with Crippen molar-refractivity contribution in [3.05, 3.63) is 75.3 Å². The number of likely N-dealkylation sites (tertiary alicyclic amines) is 1. The number of aromatic nitrogens is 2. The van der Waals surface area contributed by atoms with Crippen LogP contribution < -0.4 is 27.0 Å². The zero-order chi connectivity index (χ0) is 26.5. The third kappa shape index (κ3) is 6.55. The molecule has 0 bridgehead atoms. The summed E-state index contributed by atoms with van der Waals surface area (Å²) in [5.74, 6) is -0.648. The standard InChI is InChI=1S/C23H32N6O6S/c1-4-35-22-18(11-8-12-28(22)16(2)24)25-20(30)14-29-21(31)19(13-27(3)23(29)32)26-36(33,34)15-17-9-6-5-7-10-17/h5-7,9-10,13,18,22,26H,2,4,8,11-12,14-15,24H2,1,3H3,(H,25,30). The molecule has 1 saturated heterocycles. The smallest absolute Gasteiger partial charge is 0.331 e. The third-order valence-corrected chi connectivity index (χ3v) is 6.96. The highest BCUT2D eigenvalue weighted by Gasteiger charge is 2.33. The minimum absolute atomic E-state index is 0.313. The molecule has 1 aliphatic heterocycles. The van der Waals surface area contributed by atoms with E-state index in [1.807, 2.05) is 6.92 Å². The molecule has 0 radical (unpaired) electrons. The van der Waals surface area contributed by atoms with Gasteiger partial charge in [0.25, 0.3) is 5.56 Å². The molecule has 1 aromatic carbocycles. The summed E-state index contributed by atoms with van der Waals surface area (Å²) in [6, 6.07) is 8.00. The first-order chi connectivity index (χ1) is 17.0. The van der Waals surface area contributed by atoms with Gasteiger partial charge in [-0.1, -0.05) is 36.9 Å². The number of carbonyl (C=O) groups is 1. The summed E-state index contributed by atoms with van der Waals surface area (Å²) in [7, 11) is -2.59. The van der Waals surface area contributed by atoms with E-state index in [1.54, 1.807) is 35.2 Å². The van der Waals surface area contributed by atoms with Gasteiger partial charge in [-0.05, 0) is 25.3 Å². The Morgan fingerprint density at radius 3 is 2.58 bits per heavy atom. The topological polar surface area (TPSA) is 158 Å². The second-order valence-corrected chi connectivity index (χ2v) is 10.2. The Balaban J connectivity index is 1.80. The van der Waals surface area contributed by atoms with Gasteiger partial charge in [-0.25, -0.2) is 17.8 Å². The molecule has 196 valence electrons. The lowest BCUT2D eigenvalue weighted by molar-refractivity contribution is -0.128. The van der Waals surface area contributed by atoms with E-state index in [-0.39, 0.29) is 11.4 Å². The Labute approximate surface area is 209 Å². The maximum absolute atomic E-state index is 13.0. The minimum atomic E-state index is -3.96. The summed E-state index contributed by atoms with van der Waals surface area (Å²) >= 11 is 0. The number of ether oxygens (including phenoxy) is 1. The van der Waals surface area contributed by atoms with Crippen LogP contribution in [-0.4, -0.2) is 53.8 Å². The first-order valence-corrected chi connectivity index (χ1v) is 13.1. The lowest BCUT2D eigenvalue weighted by Gasteiger charge is -2.42. The van der Waals surface area contributed by atoms with E-state index < -0.39 is 46.0 Å². The van der Waals surface area contributed by atoms with Crippen molar-refractivity contribution in [1.29, 1.82) is 0 Å². The van der Waals surface area contributed by atoms with Gasteiger partial charge in [0.2, 0.25) is 15.9 Å². The average molecular weight is 521 g/mol. The molecule has 1 aliphatic rings. The van der Waals surface area contributed by atoms with Crippen molar-refractivity contribution in [3.63, 3.8) is 0 Å². The van der Waals surface area contributed by atoms with Crippen molar-refractivity contribution in [2.45, 2.75) is 44.3 Å². The maximum atomic E-state index is 13.0. The number of aryl methyl sites for hydroxylation is 1. The number of nitrogens with two attached hydrogens (primary N) is 1. The highest BCUT2D eigenvalue weighted by Crippen LogP contribution is 2.21. The van der Waals surface area contributed by atoms with Gasteiger partial charge < -0.3 is 25.3 Å². The fourth-order valence-electron chi connectivity index (χ4n) is 4.13. The van der Waals surface area contributed by atoms with Gasteiger partial charge in [-0.2, -0.15) is 0 Å². The molecule has 13 heteroatoms. The van der Waals surface area contributed by atoms with Crippen LogP contribution >= 0.6 is 0 Å². The maximum Gasteiger partial charge on any atom is 0.331 e. The molecule has 1 aromatic heterocycles. The lowest BCUT2D eigenvalue weighted by atomic mass is 10.0. The lowest BCUT2D eigenvalue weighted by Crippen LogP contribution is -2.57. The summed E-state index contributed by atoms with van der Waals surface area (Å²) in [5, 5.41) is 2.81. The SMILES string of the molecule is C=C(N)N1CCCC(NC(=O)Cn2c(=O)c(NS(=O)(=O)Cc3ccccc3)cn(C)c2=O)C1OCC. The number of hydrogen-bond donors (Lipinski definition) is 3. The first kappa shape index (κ1) is 27.0. The number of sulfonamides is 1. The normalized spacial score (nSPS) is 18.0. The second-order valence-electron chi connectivity index (χ2n) is 8.52. The largest absolute Gasteiger partial charge is 0.386 e. The van der Waals surface area contributed by atoms with Crippen LogP contribution in [0.1, 0.15) is 25.3 Å². The van der Waals surface area contributed by atoms with Crippen LogP contribution in [0.5, 0.6) is 0 Å². The molecule has 12 nitrogen and oxygen atoms in total. The van der Waals surface area contributed by atoms with E-state index in [9.17, 15) is 22.8 Å². The number of amides is 1. The molecule has 36 heavy (non-hydrogen) atoms. The van der Waals surface area contributed by atoms with Crippen molar-refractivity contribution in [2.24, 2.45) is 12.8 Å². The summed E-state index contributed by atoms with van der Waals surface area (Å²) in [6.07, 6.45) is 1.89. The monoisotopic (exact) mass is 520 g/mol. The van der Waals surface area contributed by atoms with Crippen molar-refractivity contribution in [1.82, 2.24) is 19.4 Å². The van der Waals surface area contributed by atoms with Crippen LogP contribution in [0.15, 0.2) is 58.5 Å². The molecule has 0 spiro atoms. The molecular weight excluding hydrogens is 488 g/mol. The summed E-state index contributed by atoms with van der Waals surface area (Å²) in [4.78, 5) is 40.3. The fourth-order valence-corrected chi connectivity index (χ4v) is 5.30. The summed E-state index contributed by atoms with van der Waals surface area (Å²) in [5.41, 5.74) is 4.38. The van der Waals surface area contributed by atoms with Crippen molar-refractivity contribution in [2.75, 3.05) is 17.9 Å². The van der Waals surface area contributed by atoms with Crippen LogP contribution in [0.25, 0.3) is 0 Å². The molecule has 4 N–H and O–H groups in total. The quantitative estimate of drug-likeness (QED) is 0.391. The number of carbonyl (C=O) groups excluding carboxylic acids is 1. The number of rotatable bonds is 10. The van der Waals surface area contributed by atoms with E-state index >= 15 is 0 Å². The molecule has 2 unspecified atom stereocenters. The zero-order valence-corrected chi connectivity index (χ0v) is 21.2. The molecule has 2 aromatic rings. The second kappa shape index (κ2) is 11.4. The summed E-state index contributed by atoms with van der Waals surface area (Å²) in [6.45, 7) is 5.98. The van der Waals surface area contributed by atoms with Gasteiger partial charge in [0, 0.05) is 26.4 Å². The molecule has 1 fully saturated rings. The highest BCUT2D eigenvalue weighted by atomic mass is 32.2. The van der Waals surface area contributed by atoms with Gasteiger partial charge in [0.05, 0.1) is 17.6 Å². The number of nitrogens with one attached hydrogen (secondary N) is 2. The number of piperidine rings is 1. The molecule has 1 amide bonds. The van der Waals surface area contributed by atoms with Gasteiger partial charge in [0.1, 0.15) is 12.2 Å². The predicted molar refractivity (Wildman–Crippen MR) is 135 cm³/mol. The molecule has 2 heterocycles. The third-order valence-electron chi connectivity index (χ3n) is 5.72. The number of benzene rings is 1. The molecular formula is C23H32N6O6S. The first-order valence-electron chi connectivity index (χ1n) is 11.5. The van der Waals surface area contributed by atoms with Crippen molar-refractivity contribution >= 4 is 21.6 Å².